The van der Waals surface area contributed by atoms with Gasteiger partial charge in [0.25, 0.3) is 0 Å². The Hall–Kier alpha value is -3.95. The number of anilines is 1. The number of alkyl halides is 3. The Morgan fingerprint density at radius 3 is 2.36 bits per heavy atom. The molecule has 0 amide bonds. The molecule has 1 N–H and O–H groups in total. The van der Waals surface area contributed by atoms with Gasteiger partial charge in [-0.3, -0.25) is 4.57 Å². The van der Waals surface area contributed by atoms with Crippen molar-refractivity contribution in [2.45, 2.75) is 32.7 Å². The van der Waals surface area contributed by atoms with Crippen LogP contribution in [0.1, 0.15) is 25.4 Å². The third kappa shape index (κ3) is 5.65. The molecule has 170 valence electrons. The molecule has 10 heteroatoms. The van der Waals surface area contributed by atoms with Gasteiger partial charge < -0.3 is 10.1 Å². The summed E-state index contributed by atoms with van der Waals surface area (Å²) in [7, 11) is 0. The van der Waals surface area contributed by atoms with E-state index in [1.807, 2.05) is 38.1 Å². The van der Waals surface area contributed by atoms with Crippen LogP contribution in [-0.2, 0) is 12.7 Å². The Bertz CT molecular complexity index is 1190. The number of nitrogens with zero attached hydrogens (tertiary/aromatic N) is 5. The highest BCUT2D eigenvalue weighted by Gasteiger charge is 2.33. The lowest BCUT2D eigenvalue weighted by Crippen LogP contribution is -2.12. The van der Waals surface area contributed by atoms with Crippen molar-refractivity contribution in [3.8, 4) is 22.7 Å². The average Bonchev–Trinajstić information content (AvgIpc) is 3.33. The number of ether oxygens (including phenoxy) is 1. The molecule has 0 radical (unpaired) electrons. The molecule has 0 aliphatic heterocycles. The number of pyridine rings is 1. The van der Waals surface area contributed by atoms with Gasteiger partial charge in [0.15, 0.2) is 0 Å². The number of hydrogen-bond donors (Lipinski definition) is 1. The summed E-state index contributed by atoms with van der Waals surface area (Å²) in [5.74, 6) is 1.32. The number of imidazole rings is 1. The van der Waals surface area contributed by atoms with Crippen LogP contribution in [0.3, 0.4) is 0 Å². The fourth-order valence-electron chi connectivity index (χ4n) is 3.06. The van der Waals surface area contributed by atoms with Crippen molar-refractivity contribution in [1.29, 1.82) is 0 Å². The SMILES string of the molecule is CC(C)Oc1ccc(-c2cnc(CNc3cc(-n4ccnc4)nc(C(F)(F)F)c3)nc2)cc1. The number of hydrogen-bond acceptors (Lipinski definition) is 6. The zero-order valence-electron chi connectivity index (χ0n) is 17.9. The average molecular weight is 454 g/mol. The second-order valence-electron chi connectivity index (χ2n) is 7.50. The highest BCUT2D eigenvalue weighted by atomic mass is 19.4. The molecule has 0 spiro atoms. The van der Waals surface area contributed by atoms with Crippen LogP contribution in [0.4, 0.5) is 18.9 Å². The number of aromatic nitrogens is 5. The standard InChI is InChI=1S/C23H21F3N6O/c1-15(2)33-19-5-3-16(4-6-19)17-11-29-21(30-12-17)13-28-18-9-20(23(24,25)26)31-22(10-18)32-8-7-27-14-32/h3-12,14-15H,13H2,1-2H3,(H,28,31). The molecule has 0 aliphatic rings. The van der Waals surface area contributed by atoms with Gasteiger partial charge in [-0.1, -0.05) is 12.1 Å². The van der Waals surface area contributed by atoms with Crippen molar-refractivity contribution >= 4 is 5.69 Å². The summed E-state index contributed by atoms with van der Waals surface area (Å²) in [5.41, 5.74) is 0.992. The van der Waals surface area contributed by atoms with Crippen LogP contribution in [0.25, 0.3) is 16.9 Å². The van der Waals surface area contributed by atoms with Crippen molar-refractivity contribution in [1.82, 2.24) is 24.5 Å². The molecule has 0 saturated heterocycles. The third-order valence-corrected chi connectivity index (χ3v) is 4.59. The smallest absolute Gasteiger partial charge is 0.433 e. The van der Waals surface area contributed by atoms with Crippen molar-refractivity contribution in [3.05, 3.63) is 79.0 Å². The van der Waals surface area contributed by atoms with Gasteiger partial charge in [-0.05, 0) is 37.6 Å². The Labute approximate surface area is 188 Å². The predicted molar refractivity (Wildman–Crippen MR) is 117 cm³/mol. The van der Waals surface area contributed by atoms with Crippen LogP contribution in [0, 0.1) is 0 Å². The molecular formula is C23H21F3N6O. The first-order valence-electron chi connectivity index (χ1n) is 10.2. The highest BCUT2D eigenvalue weighted by Crippen LogP contribution is 2.30. The van der Waals surface area contributed by atoms with Crippen molar-refractivity contribution < 1.29 is 17.9 Å². The molecule has 7 nitrogen and oxygen atoms in total. The van der Waals surface area contributed by atoms with E-state index < -0.39 is 11.9 Å². The maximum Gasteiger partial charge on any atom is 0.433 e. The minimum Gasteiger partial charge on any atom is -0.491 e. The Morgan fingerprint density at radius 1 is 1.03 bits per heavy atom. The molecule has 4 rings (SSSR count). The monoisotopic (exact) mass is 454 g/mol. The molecule has 0 atom stereocenters. The first-order valence-corrected chi connectivity index (χ1v) is 10.2. The maximum atomic E-state index is 13.3. The molecule has 33 heavy (non-hydrogen) atoms. The van der Waals surface area contributed by atoms with Crippen molar-refractivity contribution in [2.75, 3.05) is 5.32 Å². The van der Waals surface area contributed by atoms with E-state index in [0.29, 0.717) is 5.82 Å². The zero-order valence-corrected chi connectivity index (χ0v) is 17.9. The molecule has 3 aromatic heterocycles. The quantitative estimate of drug-likeness (QED) is 0.417. The van der Waals surface area contributed by atoms with Gasteiger partial charge in [-0.2, -0.15) is 13.2 Å². The van der Waals surface area contributed by atoms with Crippen LogP contribution < -0.4 is 10.1 Å². The van der Waals surface area contributed by atoms with Crippen LogP contribution >= 0.6 is 0 Å². The van der Waals surface area contributed by atoms with Gasteiger partial charge in [-0.15, -0.1) is 0 Å². The summed E-state index contributed by atoms with van der Waals surface area (Å²) >= 11 is 0. The summed E-state index contributed by atoms with van der Waals surface area (Å²) in [6.07, 6.45) is 3.23. The van der Waals surface area contributed by atoms with E-state index >= 15 is 0 Å². The van der Waals surface area contributed by atoms with Crippen LogP contribution in [0.5, 0.6) is 5.75 Å². The molecule has 0 fully saturated rings. The zero-order chi connectivity index (χ0) is 23.4. The largest absolute Gasteiger partial charge is 0.491 e. The van der Waals surface area contributed by atoms with Crippen molar-refractivity contribution in [2.24, 2.45) is 0 Å². The van der Waals surface area contributed by atoms with E-state index in [0.717, 1.165) is 22.9 Å². The van der Waals surface area contributed by atoms with Crippen LogP contribution in [0.15, 0.2) is 67.5 Å². The number of rotatable bonds is 7. The highest BCUT2D eigenvalue weighted by molar-refractivity contribution is 5.62. The molecule has 3 heterocycles. The second-order valence-corrected chi connectivity index (χ2v) is 7.50. The first-order chi connectivity index (χ1) is 15.8. The summed E-state index contributed by atoms with van der Waals surface area (Å²) in [6, 6.07) is 10.1. The van der Waals surface area contributed by atoms with Crippen molar-refractivity contribution in [3.63, 3.8) is 0 Å². The van der Waals surface area contributed by atoms with Gasteiger partial charge in [-0.25, -0.2) is 19.9 Å². The molecule has 1 aromatic carbocycles. The minimum absolute atomic E-state index is 0.0922. The predicted octanol–water partition coefficient (Wildman–Crippen LogP) is 5.14. The summed E-state index contributed by atoms with van der Waals surface area (Å²) in [4.78, 5) is 16.2. The Morgan fingerprint density at radius 2 is 1.76 bits per heavy atom. The van der Waals surface area contributed by atoms with E-state index in [1.54, 1.807) is 12.4 Å². The topological polar surface area (TPSA) is 77.8 Å². The fraction of sp³-hybridized carbons (Fsp3) is 0.217. The number of halogens is 3. The lowest BCUT2D eigenvalue weighted by molar-refractivity contribution is -0.141. The Kier molecular flexibility index (Phi) is 6.25. The Balaban J connectivity index is 1.47. The summed E-state index contributed by atoms with van der Waals surface area (Å²) < 4.78 is 46.9. The van der Waals surface area contributed by atoms with Gasteiger partial charge in [0.05, 0.1) is 12.6 Å². The van der Waals surface area contributed by atoms with E-state index in [-0.39, 0.29) is 24.2 Å². The molecule has 0 bridgehead atoms. The third-order valence-electron chi connectivity index (χ3n) is 4.59. The van der Waals surface area contributed by atoms with E-state index in [9.17, 15) is 13.2 Å². The van der Waals surface area contributed by atoms with E-state index in [4.69, 9.17) is 4.74 Å². The van der Waals surface area contributed by atoms with Gasteiger partial charge in [0, 0.05) is 42.1 Å². The van der Waals surface area contributed by atoms with E-state index in [1.165, 1.54) is 29.4 Å². The lowest BCUT2D eigenvalue weighted by atomic mass is 10.1. The molecular weight excluding hydrogens is 433 g/mol. The van der Waals surface area contributed by atoms with Gasteiger partial charge in [0.1, 0.15) is 29.4 Å². The summed E-state index contributed by atoms with van der Waals surface area (Å²) in [6.45, 7) is 4.07. The summed E-state index contributed by atoms with van der Waals surface area (Å²) in [5, 5.41) is 2.95. The van der Waals surface area contributed by atoms with Gasteiger partial charge in [0.2, 0.25) is 0 Å². The minimum atomic E-state index is -4.58. The normalized spacial score (nSPS) is 11.6. The molecule has 0 aliphatic carbocycles. The van der Waals surface area contributed by atoms with Crippen LogP contribution in [-0.4, -0.2) is 30.6 Å². The first kappa shape index (κ1) is 22.3. The lowest BCUT2D eigenvalue weighted by Gasteiger charge is -2.13. The number of nitrogens with one attached hydrogen (secondary N) is 1. The maximum absolute atomic E-state index is 13.3. The molecule has 4 aromatic rings. The number of benzene rings is 1. The molecule has 0 unspecified atom stereocenters. The van der Waals surface area contributed by atoms with Gasteiger partial charge >= 0.3 is 6.18 Å². The van der Waals surface area contributed by atoms with E-state index in [2.05, 4.69) is 25.3 Å². The molecule has 0 saturated carbocycles. The fourth-order valence-corrected chi connectivity index (χ4v) is 3.06. The second kappa shape index (κ2) is 9.27. The van der Waals surface area contributed by atoms with Crippen LogP contribution in [0.2, 0.25) is 0 Å².